The SMILES string of the molecule is Cc1ccc(-c2nnnn2CCCCC(F)(F)F)cc1N. The van der Waals surface area contributed by atoms with Crippen LogP contribution in [-0.2, 0) is 6.54 Å². The lowest BCUT2D eigenvalue weighted by Gasteiger charge is -2.08. The lowest BCUT2D eigenvalue weighted by molar-refractivity contribution is -0.135. The number of tetrazole rings is 1. The molecule has 0 amide bonds. The summed E-state index contributed by atoms with van der Waals surface area (Å²) in [5, 5.41) is 11.3. The molecule has 2 rings (SSSR count). The quantitative estimate of drug-likeness (QED) is 0.680. The van der Waals surface area contributed by atoms with Gasteiger partial charge >= 0.3 is 6.18 Å². The van der Waals surface area contributed by atoms with Crippen LogP contribution in [0.3, 0.4) is 0 Å². The maximum atomic E-state index is 12.1. The molecule has 0 aliphatic carbocycles. The van der Waals surface area contributed by atoms with Crippen LogP contribution >= 0.6 is 0 Å². The normalized spacial score (nSPS) is 11.8. The first kappa shape index (κ1) is 15.3. The third kappa shape index (κ3) is 4.17. The number of nitrogens with two attached hydrogens (primary N) is 1. The number of benzene rings is 1. The van der Waals surface area contributed by atoms with Crippen molar-refractivity contribution in [3.8, 4) is 11.4 Å². The van der Waals surface area contributed by atoms with Gasteiger partial charge in [0, 0.05) is 24.2 Å². The van der Waals surface area contributed by atoms with Gasteiger partial charge in [0.1, 0.15) is 0 Å². The Labute approximate surface area is 119 Å². The summed E-state index contributed by atoms with van der Waals surface area (Å²) in [6.07, 6.45) is -4.49. The Bertz CT molecular complexity index is 606. The highest BCUT2D eigenvalue weighted by Gasteiger charge is 2.25. The molecular weight excluding hydrogens is 283 g/mol. The van der Waals surface area contributed by atoms with Gasteiger partial charge in [0.15, 0.2) is 5.82 Å². The van der Waals surface area contributed by atoms with Crippen LogP contribution in [0, 0.1) is 6.92 Å². The van der Waals surface area contributed by atoms with Gasteiger partial charge in [-0.05, 0) is 41.8 Å². The van der Waals surface area contributed by atoms with E-state index in [1.807, 2.05) is 19.1 Å². The van der Waals surface area contributed by atoms with Crippen LogP contribution in [0.25, 0.3) is 11.4 Å². The third-order valence-corrected chi connectivity index (χ3v) is 3.15. The Hall–Kier alpha value is -2.12. The number of anilines is 1. The molecule has 1 aromatic heterocycles. The summed E-state index contributed by atoms with van der Waals surface area (Å²) < 4.78 is 37.8. The van der Waals surface area contributed by atoms with Crippen molar-refractivity contribution in [3.63, 3.8) is 0 Å². The second kappa shape index (κ2) is 6.11. The molecule has 0 aliphatic heterocycles. The molecule has 1 heterocycles. The van der Waals surface area contributed by atoms with Gasteiger partial charge in [-0.2, -0.15) is 13.2 Å². The monoisotopic (exact) mass is 299 g/mol. The number of unbranched alkanes of at least 4 members (excludes halogenated alkanes) is 1. The van der Waals surface area contributed by atoms with Crippen LogP contribution < -0.4 is 5.73 Å². The van der Waals surface area contributed by atoms with Crippen LogP contribution in [0.1, 0.15) is 24.8 Å². The summed E-state index contributed by atoms with van der Waals surface area (Å²) >= 11 is 0. The van der Waals surface area contributed by atoms with E-state index in [1.54, 1.807) is 6.07 Å². The van der Waals surface area contributed by atoms with Gasteiger partial charge < -0.3 is 5.73 Å². The second-order valence-corrected chi connectivity index (χ2v) is 4.87. The summed E-state index contributed by atoms with van der Waals surface area (Å²) in [5.41, 5.74) is 8.16. The fraction of sp³-hybridized carbons (Fsp3) is 0.462. The molecule has 0 atom stereocenters. The maximum absolute atomic E-state index is 12.1. The molecule has 2 N–H and O–H groups in total. The predicted octanol–water partition coefficient (Wildman–Crippen LogP) is 2.96. The molecule has 0 aliphatic rings. The minimum Gasteiger partial charge on any atom is -0.398 e. The van der Waals surface area contributed by atoms with E-state index in [-0.39, 0.29) is 6.42 Å². The molecule has 0 fully saturated rings. The zero-order valence-electron chi connectivity index (χ0n) is 11.6. The fourth-order valence-corrected chi connectivity index (χ4v) is 1.93. The zero-order chi connectivity index (χ0) is 15.5. The summed E-state index contributed by atoms with van der Waals surface area (Å²) in [6, 6.07) is 5.45. The molecular formula is C13H16F3N5. The average molecular weight is 299 g/mol. The van der Waals surface area contributed by atoms with Crippen molar-refractivity contribution in [1.82, 2.24) is 20.2 Å². The molecule has 0 unspecified atom stereocenters. The summed E-state index contributed by atoms with van der Waals surface area (Å²) in [5.74, 6) is 0.508. The lowest BCUT2D eigenvalue weighted by Crippen LogP contribution is -2.08. The van der Waals surface area contributed by atoms with Crippen molar-refractivity contribution < 1.29 is 13.2 Å². The van der Waals surface area contributed by atoms with Crippen LogP contribution in [0.15, 0.2) is 18.2 Å². The number of rotatable bonds is 5. The van der Waals surface area contributed by atoms with Gasteiger partial charge in [0.2, 0.25) is 0 Å². The smallest absolute Gasteiger partial charge is 0.389 e. The Morgan fingerprint density at radius 2 is 2.00 bits per heavy atom. The number of nitrogens with zero attached hydrogens (tertiary/aromatic N) is 4. The van der Waals surface area contributed by atoms with Gasteiger partial charge in [-0.15, -0.1) is 5.10 Å². The Morgan fingerprint density at radius 1 is 1.24 bits per heavy atom. The maximum Gasteiger partial charge on any atom is 0.389 e. The van der Waals surface area contributed by atoms with Crippen molar-refractivity contribution in [3.05, 3.63) is 23.8 Å². The highest BCUT2D eigenvalue weighted by molar-refractivity contribution is 5.63. The van der Waals surface area contributed by atoms with Crippen molar-refractivity contribution >= 4 is 5.69 Å². The molecule has 2 aromatic rings. The molecule has 0 saturated heterocycles. The lowest BCUT2D eigenvalue weighted by atomic mass is 10.1. The van der Waals surface area contributed by atoms with E-state index in [0.29, 0.717) is 24.5 Å². The number of hydrogen-bond acceptors (Lipinski definition) is 4. The molecule has 8 heteroatoms. The first-order valence-corrected chi connectivity index (χ1v) is 6.56. The van der Waals surface area contributed by atoms with Gasteiger partial charge in [0.05, 0.1) is 0 Å². The third-order valence-electron chi connectivity index (χ3n) is 3.15. The van der Waals surface area contributed by atoms with E-state index < -0.39 is 12.6 Å². The number of nitrogen functional groups attached to an aromatic ring is 1. The number of alkyl halides is 3. The van der Waals surface area contributed by atoms with Crippen molar-refractivity contribution in [2.45, 2.75) is 38.9 Å². The second-order valence-electron chi connectivity index (χ2n) is 4.87. The molecule has 0 saturated carbocycles. The molecule has 114 valence electrons. The summed E-state index contributed by atoms with van der Waals surface area (Å²) in [4.78, 5) is 0. The molecule has 0 spiro atoms. The van der Waals surface area contributed by atoms with Crippen LogP contribution in [0.4, 0.5) is 18.9 Å². The van der Waals surface area contributed by atoms with Crippen LogP contribution in [-0.4, -0.2) is 26.4 Å². The standard InChI is InChI=1S/C13H16F3N5/c1-9-4-5-10(8-11(9)17)12-18-19-20-21(12)7-3-2-6-13(14,15)16/h4-5,8H,2-3,6-7,17H2,1H3. The van der Waals surface area contributed by atoms with E-state index in [2.05, 4.69) is 15.5 Å². The minimum atomic E-state index is -4.12. The van der Waals surface area contributed by atoms with E-state index in [4.69, 9.17) is 5.73 Å². The Balaban J connectivity index is 2.03. The largest absolute Gasteiger partial charge is 0.398 e. The highest BCUT2D eigenvalue weighted by Crippen LogP contribution is 2.24. The van der Waals surface area contributed by atoms with Crippen molar-refractivity contribution in [2.75, 3.05) is 5.73 Å². The van der Waals surface area contributed by atoms with Crippen LogP contribution in [0.5, 0.6) is 0 Å². The summed E-state index contributed by atoms with van der Waals surface area (Å²) in [6.45, 7) is 2.23. The van der Waals surface area contributed by atoms with Gasteiger partial charge in [-0.25, -0.2) is 4.68 Å². The number of hydrogen-bond donors (Lipinski definition) is 1. The van der Waals surface area contributed by atoms with E-state index in [1.165, 1.54) is 4.68 Å². The minimum absolute atomic E-state index is 0.0544. The molecule has 1 aromatic carbocycles. The topological polar surface area (TPSA) is 69.6 Å². The van der Waals surface area contributed by atoms with E-state index in [9.17, 15) is 13.2 Å². The van der Waals surface area contributed by atoms with E-state index in [0.717, 1.165) is 11.1 Å². The number of aromatic nitrogens is 4. The fourth-order valence-electron chi connectivity index (χ4n) is 1.93. The van der Waals surface area contributed by atoms with Gasteiger partial charge in [-0.3, -0.25) is 0 Å². The summed E-state index contributed by atoms with van der Waals surface area (Å²) in [7, 11) is 0. The number of halogens is 3. The van der Waals surface area contributed by atoms with Crippen molar-refractivity contribution in [2.24, 2.45) is 0 Å². The molecule has 5 nitrogen and oxygen atoms in total. The van der Waals surface area contributed by atoms with Gasteiger partial charge in [0.25, 0.3) is 0 Å². The highest BCUT2D eigenvalue weighted by atomic mass is 19.4. The first-order valence-electron chi connectivity index (χ1n) is 6.56. The molecule has 0 radical (unpaired) electrons. The molecule has 0 bridgehead atoms. The van der Waals surface area contributed by atoms with E-state index >= 15 is 0 Å². The van der Waals surface area contributed by atoms with Gasteiger partial charge in [-0.1, -0.05) is 12.1 Å². The Morgan fingerprint density at radius 3 is 2.67 bits per heavy atom. The first-order chi connectivity index (χ1) is 9.87. The zero-order valence-corrected chi connectivity index (χ0v) is 11.6. The average Bonchev–Trinajstić information content (AvgIpc) is 2.85. The van der Waals surface area contributed by atoms with Crippen LogP contribution in [0.2, 0.25) is 0 Å². The van der Waals surface area contributed by atoms with Crippen molar-refractivity contribution in [1.29, 1.82) is 0 Å². The Kier molecular flexibility index (Phi) is 4.44. The number of aryl methyl sites for hydroxylation is 2. The molecule has 21 heavy (non-hydrogen) atoms. The predicted molar refractivity (Wildman–Crippen MR) is 72.3 cm³/mol.